The second-order valence-electron chi connectivity index (χ2n) is 5.34. The first-order chi connectivity index (χ1) is 10.8. The van der Waals surface area contributed by atoms with Crippen molar-refractivity contribution in [2.75, 3.05) is 6.54 Å². The number of aromatic amines is 2. The fourth-order valence-corrected chi connectivity index (χ4v) is 2.75. The second kappa shape index (κ2) is 6.39. The van der Waals surface area contributed by atoms with Crippen LogP contribution in [0.5, 0.6) is 0 Å². The first kappa shape index (κ1) is 15.5. The van der Waals surface area contributed by atoms with Crippen molar-refractivity contribution in [1.82, 2.24) is 30.8 Å². The maximum absolute atomic E-state index is 12.3. The minimum atomic E-state index is -0.179. The SMILES string of the molecule is Cl.O=C(NCc1nc2ccccc2[nH]1)c1n[nH]c2c1CNCC2. The Hall–Kier alpha value is -2.38. The Bertz CT molecular complexity index is 806. The molecule has 1 aliphatic heterocycles. The molecule has 3 heterocycles. The number of benzene rings is 1. The fourth-order valence-electron chi connectivity index (χ4n) is 2.75. The zero-order chi connectivity index (χ0) is 14.9. The number of H-pyrrole nitrogens is 2. The summed E-state index contributed by atoms with van der Waals surface area (Å²) in [5.74, 6) is 0.554. The molecule has 0 saturated heterocycles. The van der Waals surface area contributed by atoms with E-state index in [-0.39, 0.29) is 18.3 Å². The van der Waals surface area contributed by atoms with Crippen molar-refractivity contribution in [3.05, 3.63) is 47.0 Å². The largest absolute Gasteiger partial charge is 0.343 e. The predicted octanol–water partition coefficient (Wildman–Crippen LogP) is 1.28. The standard InChI is InChI=1S/C15H16N6O.ClH/c22-15(14-9-7-16-6-5-10(9)20-21-14)17-8-13-18-11-3-1-2-4-12(11)19-13;/h1-4,16H,5-8H2,(H,17,22)(H,18,19)(H,20,21);1H. The monoisotopic (exact) mass is 332 g/mol. The van der Waals surface area contributed by atoms with E-state index in [4.69, 9.17) is 0 Å². The molecule has 0 aliphatic carbocycles. The van der Waals surface area contributed by atoms with Crippen LogP contribution in [-0.4, -0.2) is 32.6 Å². The summed E-state index contributed by atoms with van der Waals surface area (Å²) in [7, 11) is 0. The zero-order valence-electron chi connectivity index (χ0n) is 12.3. The van der Waals surface area contributed by atoms with Crippen LogP contribution in [0.3, 0.4) is 0 Å². The minimum absolute atomic E-state index is 0. The van der Waals surface area contributed by atoms with E-state index in [2.05, 4.69) is 30.8 Å². The number of hydrogen-bond acceptors (Lipinski definition) is 4. The molecule has 8 heteroatoms. The number of carbonyl (C=O) groups is 1. The van der Waals surface area contributed by atoms with Crippen molar-refractivity contribution >= 4 is 29.3 Å². The van der Waals surface area contributed by atoms with Gasteiger partial charge in [-0.2, -0.15) is 5.10 Å². The Kier molecular flexibility index (Phi) is 4.31. The number of rotatable bonds is 3. The molecule has 120 valence electrons. The van der Waals surface area contributed by atoms with Gasteiger partial charge in [0, 0.05) is 30.8 Å². The van der Waals surface area contributed by atoms with Crippen LogP contribution in [-0.2, 0) is 19.5 Å². The number of carbonyl (C=O) groups excluding carboxylic acids is 1. The molecule has 1 aromatic carbocycles. The predicted molar refractivity (Wildman–Crippen MR) is 88.5 cm³/mol. The Balaban J connectivity index is 0.00000156. The van der Waals surface area contributed by atoms with Gasteiger partial charge in [-0.3, -0.25) is 9.89 Å². The number of amides is 1. The first-order valence-electron chi connectivity index (χ1n) is 7.30. The number of aromatic nitrogens is 4. The van der Waals surface area contributed by atoms with Gasteiger partial charge in [0.2, 0.25) is 0 Å². The fraction of sp³-hybridized carbons (Fsp3) is 0.267. The number of imidazole rings is 1. The molecule has 4 rings (SSSR count). The van der Waals surface area contributed by atoms with Gasteiger partial charge in [-0.25, -0.2) is 4.98 Å². The van der Waals surface area contributed by atoms with E-state index in [1.807, 2.05) is 24.3 Å². The lowest BCUT2D eigenvalue weighted by Gasteiger charge is -2.12. The topological polar surface area (TPSA) is 98.5 Å². The molecule has 1 aliphatic rings. The van der Waals surface area contributed by atoms with Crippen LogP contribution in [0.1, 0.15) is 27.6 Å². The summed E-state index contributed by atoms with van der Waals surface area (Å²) >= 11 is 0. The number of halogens is 1. The van der Waals surface area contributed by atoms with Crippen molar-refractivity contribution < 1.29 is 4.79 Å². The van der Waals surface area contributed by atoms with Crippen LogP contribution in [0.15, 0.2) is 24.3 Å². The van der Waals surface area contributed by atoms with Crippen LogP contribution in [0.2, 0.25) is 0 Å². The van der Waals surface area contributed by atoms with Crippen molar-refractivity contribution in [2.45, 2.75) is 19.5 Å². The number of fused-ring (bicyclic) bond motifs is 2. The Morgan fingerprint density at radius 1 is 1.30 bits per heavy atom. The van der Waals surface area contributed by atoms with Gasteiger partial charge in [0.1, 0.15) is 5.82 Å². The first-order valence-corrected chi connectivity index (χ1v) is 7.30. The lowest BCUT2D eigenvalue weighted by Crippen LogP contribution is -2.28. The molecule has 0 saturated carbocycles. The maximum atomic E-state index is 12.3. The van der Waals surface area contributed by atoms with Crippen LogP contribution >= 0.6 is 12.4 Å². The number of para-hydroxylation sites is 2. The van der Waals surface area contributed by atoms with Gasteiger partial charge >= 0.3 is 0 Å². The van der Waals surface area contributed by atoms with E-state index in [9.17, 15) is 4.79 Å². The molecule has 0 bridgehead atoms. The molecule has 3 aromatic rings. The molecule has 4 N–H and O–H groups in total. The molecule has 23 heavy (non-hydrogen) atoms. The summed E-state index contributed by atoms with van der Waals surface area (Å²) in [5.41, 5.74) is 4.35. The van der Waals surface area contributed by atoms with E-state index in [0.29, 0.717) is 18.8 Å². The molecule has 0 atom stereocenters. The highest BCUT2D eigenvalue weighted by molar-refractivity contribution is 5.94. The molecule has 0 spiro atoms. The van der Waals surface area contributed by atoms with E-state index < -0.39 is 0 Å². The highest BCUT2D eigenvalue weighted by Crippen LogP contribution is 2.15. The highest BCUT2D eigenvalue weighted by Gasteiger charge is 2.21. The minimum Gasteiger partial charge on any atom is -0.343 e. The van der Waals surface area contributed by atoms with Crippen molar-refractivity contribution in [1.29, 1.82) is 0 Å². The average Bonchev–Trinajstić information content (AvgIpc) is 3.16. The van der Waals surface area contributed by atoms with Crippen molar-refractivity contribution in [3.63, 3.8) is 0 Å². The molecular formula is C15H17ClN6O. The summed E-state index contributed by atoms with van der Waals surface area (Å²) in [6.07, 6.45) is 0.874. The Morgan fingerprint density at radius 2 is 2.17 bits per heavy atom. The van der Waals surface area contributed by atoms with Crippen LogP contribution < -0.4 is 10.6 Å². The van der Waals surface area contributed by atoms with E-state index in [1.165, 1.54) is 0 Å². The summed E-state index contributed by atoms with van der Waals surface area (Å²) in [4.78, 5) is 19.9. The van der Waals surface area contributed by atoms with Gasteiger partial charge in [-0.05, 0) is 12.1 Å². The summed E-state index contributed by atoms with van der Waals surface area (Å²) in [6.45, 7) is 1.94. The smallest absolute Gasteiger partial charge is 0.272 e. The quantitative estimate of drug-likeness (QED) is 0.580. The third-order valence-corrected chi connectivity index (χ3v) is 3.88. The van der Waals surface area contributed by atoms with E-state index >= 15 is 0 Å². The van der Waals surface area contributed by atoms with Crippen molar-refractivity contribution in [2.24, 2.45) is 0 Å². The molecule has 0 fully saturated rings. The van der Waals surface area contributed by atoms with Gasteiger partial charge < -0.3 is 15.6 Å². The second-order valence-corrected chi connectivity index (χ2v) is 5.34. The molecule has 1 amide bonds. The lowest BCUT2D eigenvalue weighted by molar-refractivity contribution is 0.0944. The molecule has 0 radical (unpaired) electrons. The molecular weight excluding hydrogens is 316 g/mol. The summed E-state index contributed by atoms with van der Waals surface area (Å²) < 4.78 is 0. The Labute approximate surface area is 138 Å². The third kappa shape index (κ3) is 2.93. The molecule has 7 nitrogen and oxygen atoms in total. The van der Waals surface area contributed by atoms with Crippen LogP contribution in [0.25, 0.3) is 11.0 Å². The van der Waals surface area contributed by atoms with Crippen LogP contribution in [0.4, 0.5) is 0 Å². The molecule has 0 unspecified atom stereocenters. The Morgan fingerprint density at radius 3 is 3.04 bits per heavy atom. The average molecular weight is 333 g/mol. The number of nitrogens with zero attached hydrogens (tertiary/aromatic N) is 2. The van der Waals surface area contributed by atoms with E-state index in [1.54, 1.807) is 0 Å². The summed E-state index contributed by atoms with van der Waals surface area (Å²) in [6, 6.07) is 7.79. The van der Waals surface area contributed by atoms with Gasteiger partial charge in [0.15, 0.2) is 5.69 Å². The highest BCUT2D eigenvalue weighted by atomic mass is 35.5. The van der Waals surface area contributed by atoms with Crippen LogP contribution in [0, 0.1) is 0 Å². The summed E-state index contributed by atoms with van der Waals surface area (Å²) in [5, 5.41) is 13.2. The number of nitrogens with one attached hydrogen (secondary N) is 4. The van der Waals surface area contributed by atoms with Gasteiger partial charge in [0.05, 0.1) is 17.6 Å². The van der Waals surface area contributed by atoms with Gasteiger partial charge in [-0.1, -0.05) is 12.1 Å². The number of hydrogen-bond donors (Lipinski definition) is 4. The normalized spacial score (nSPS) is 13.4. The van der Waals surface area contributed by atoms with Crippen molar-refractivity contribution in [3.8, 4) is 0 Å². The lowest BCUT2D eigenvalue weighted by atomic mass is 10.1. The zero-order valence-corrected chi connectivity index (χ0v) is 13.2. The van der Waals surface area contributed by atoms with Gasteiger partial charge in [-0.15, -0.1) is 12.4 Å². The maximum Gasteiger partial charge on any atom is 0.272 e. The molecule has 2 aromatic heterocycles. The third-order valence-electron chi connectivity index (χ3n) is 3.88. The van der Waals surface area contributed by atoms with E-state index in [0.717, 1.165) is 41.1 Å². The van der Waals surface area contributed by atoms with Gasteiger partial charge in [0.25, 0.3) is 5.91 Å².